The average molecular weight is 298 g/mol. The van der Waals surface area contributed by atoms with E-state index in [0.29, 0.717) is 36.1 Å². The number of nitrogens with zero attached hydrogens (tertiary/aromatic N) is 2. The van der Waals surface area contributed by atoms with E-state index >= 15 is 0 Å². The molecule has 2 heterocycles. The fraction of sp³-hybridized carbons (Fsp3) is 0.385. The predicted molar refractivity (Wildman–Crippen MR) is 69.9 cm³/mol. The highest BCUT2D eigenvalue weighted by Crippen LogP contribution is 2.23. The van der Waals surface area contributed by atoms with Crippen molar-refractivity contribution in [2.75, 3.05) is 6.54 Å². The van der Waals surface area contributed by atoms with Gasteiger partial charge in [-0.1, -0.05) is 22.8 Å². The summed E-state index contributed by atoms with van der Waals surface area (Å²) in [7, 11) is 0. The molecule has 0 spiro atoms. The Morgan fingerprint density at radius 1 is 1.50 bits per heavy atom. The number of hydrogen-bond acceptors (Lipinski definition) is 5. The molecule has 0 aliphatic carbocycles. The Labute approximate surface area is 119 Å². The fourth-order valence-electron chi connectivity index (χ4n) is 2.22. The Morgan fingerprint density at radius 2 is 2.35 bits per heavy atom. The van der Waals surface area contributed by atoms with E-state index in [1.165, 1.54) is 12.1 Å². The Balaban J connectivity index is 1.74. The lowest BCUT2D eigenvalue weighted by atomic mass is 10.1. The quantitative estimate of drug-likeness (QED) is 0.904. The van der Waals surface area contributed by atoms with Crippen LogP contribution in [-0.2, 0) is 6.42 Å². The molecule has 0 radical (unpaired) electrons. The highest BCUT2D eigenvalue weighted by atomic mass is 35.5. The maximum absolute atomic E-state index is 13.0. The van der Waals surface area contributed by atoms with Gasteiger partial charge in [0.1, 0.15) is 5.82 Å². The number of rotatable bonds is 3. The molecule has 2 aromatic rings. The third kappa shape index (κ3) is 2.82. The Hall–Kier alpha value is -1.50. The zero-order valence-corrected chi connectivity index (χ0v) is 11.3. The van der Waals surface area contributed by atoms with Gasteiger partial charge in [-0.05, 0) is 24.1 Å². The van der Waals surface area contributed by atoms with Crippen molar-refractivity contribution in [3.63, 3.8) is 0 Å². The van der Waals surface area contributed by atoms with Crippen LogP contribution in [0.25, 0.3) is 0 Å². The summed E-state index contributed by atoms with van der Waals surface area (Å²) < 4.78 is 18.1. The zero-order chi connectivity index (χ0) is 14.1. The van der Waals surface area contributed by atoms with Crippen LogP contribution in [0.5, 0.6) is 0 Å². The summed E-state index contributed by atoms with van der Waals surface area (Å²) >= 11 is 5.96. The van der Waals surface area contributed by atoms with E-state index in [9.17, 15) is 9.50 Å². The van der Waals surface area contributed by atoms with Crippen molar-refractivity contribution in [3.8, 4) is 0 Å². The van der Waals surface area contributed by atoms with E-state index in [1.807, 2.05) is 0 Å². The molecule has 0 amide bonds. The topological polar surface area (TPSA) is 71.2 Å². The molecule has 5 nitrogen and oxygen atoms in total. The smallest absolute Gasteiger partial charge is 0.243 e. The molecule has 1 aromatic carbocycles. The molecule has 106 valence electrons. The average Bonchev–Trinajstić information content (AvgIpc) is 3.02. The van der Waals surface area contributed by atoms with Crippen molar-refractivity contribution in [1.82, 2.24) is 15.5 Å². The molecule has 20 heavy (non-hydrogen) atoms. The van der Waals surface area contributed by atoms with Crippen LogP contribution in [0, 0.1) is 5.82 Å². The molecule has 1 aliphatic heterocycles. The molecular weight excluding hydrogens is 285 g/mol. The number of nitrogens with one attached hydrogen (secondary N) is 1. The first kappa shape index (κ1) is 13.5. The van der Waals surface area contributed by atoms with Crippen LogP contribution in [0.4, 0.5) is 4.39 Å². The predicted octanol–water partition coefficient (Wildman–Crippen LogP) is 1.85. The highest BCUT2D eigenvalue weighted by Gasteiger charge is 2.28. The first-order valence-electron chi connectivity index (χ1n) is 6.29. The minimum atomic E-state index is -0.387. The van der Waals surface area contributed by atoms with Crippen molar-refractivity contribution in [2.45, 2.75) is 25.0 Å². The summed E-state index contributed by atoms with van der Waals surface area (Å²) in [5.41, 5.74) is 0.736. The summed E-state index contributed by atoms with van der Waals surface area (Å²) in [4.78, 5) is 4.28. The van der Waals surface area contributed by atoms with E-state index in [4.69, 9.17) is 16.1 Å². The number of aromatic nitrogens is 2. The van der Waals surface area contributed by atoms with Gasteiger partial charge in [0, 0.05) is 18.0 Å². The van der Waals surface area contributed by atoms with Crippen LogP contribution in [0.15, 0.2) is 22.7 Å². The largest absolute Gasteiger partial charge is 0.392 e. The lowest BCUT2D eigenvalue weighted by Crippen LogP contribution is -2.15. The van der Waals surface area contributed by atoms with Crippen LogP contribution >= 0.6 is 11.6 Å². The number of β-amino-alcohol motifs (C(OH)–C–C–N with tert-alkyl or cyclic N) is 1. The van der Waals surface area contributed by atoms with Crippen LogP contribution in [0.1, 0.15) is 29.7 Å². The molecule has 1 aromatic heterocycles. The summed E-state index contributed by atoms with van der Waals surface area (Å²) in [5.74, 6) is 0.558. The van der Waals surface area contributed by atoms with Crippen LogP contribution in [0.2, 0.25) is 5.02 Å². The third-order valence-electron chi connectivity index (χ3n) is 3.25. The minimum absolute atomic E-state index is 0.116. The van der Waals surface area contributed by atoms with Crippen molar-refractivity contribution in [1.29, 1.82) is 0 Å². The molecule has 0 bridgehead atoms. The molecule has 1 saturated heterocycles. The van der Waals surface area contributed by atoms with Gasteiger partial charge in [0.2, 0.25) is 5.89 Å². The Bertz CT molecular complexity index is 619. The SMILES string of the molecule is O[C@H]1CN[C@H](c2nc(Cc3ccc(F)cc3Cl)no2)C1. The van der Waals surface area contributed by atoms with Gasteiger partial charge in [0.25, 0.3) is 0 Å². The van der Waals surface area contributed by atoms with Gasteiger partial charge in [0.05, 0.1) is 12.1 Å². The molecule has 3 rings (SSSR count). The zero-order valence-electron chi connectivity index (χ0n) is 10.5. The second-order valence-electron chi connectivity index (χ2n) is 4.81. The Kier molecular flexibility index (Phi) is 3.69. The lowest BCUT2D eigenvalue weighted by molar-refractivity contribution is 0.191. The molecule has 0 unspecified atom stereocenters. The van der Waals surface area contributed by atoms with Crippen LogP contribution < -0.4 is 5.32 Å². The van der Waals surface area contributed by atoms with Gasteiger partial charge in [-0.25, -0.2) is 4.39 Å². The normalized spacial score (nSPS) is 22.4. The van der Waals surface area contributed by atoms with Gasteiger partial charge in [-0.2, -0.15) is 4.98 Å². The van der Waals surface area contributed by atoms with Crippen LogP contribution in [0.3, 0.4) is 0 Å². The van der Waals surface area contributed by atoms with Crippen molar-refractivity contribution in [2.24, 2.45) is 0 Å². The van der Waals surface area contributed by atoms with Gasteiger partial charge in [0.15, 0.2) is 5.82 Å². The molecule has 7 heteroatoms. The van der Waals surface area contributed by atoms with Crippen molar-refractivity contribution < 1.29 is 14.0 Å². The van der Waals surface area contributed by atoms with Crippen molar-refractivity contribution >= 4 is 11.6 Å². The molecular formula is C13H13ClFN3O2. The highest BCUT2D eigenvalue weighted by molar-refractivity contribution is 6.31. The number of aliphatic hydroxyl groups is 1. The fourth-order valence-corrected chi connectivity index (χ4v) is 2.46. The number of aliphatic hydroxyl groups excluding tert-OH is 1. The summed E-state index contributed by atoms with van der Waals surface area (Å²) in [6.07, 6.45) is 0.540. The first-order valence-corrected chi connectivity index (χ1v) is 6.67. The number of halogens is 2. The van der Waals surface area contributed by atoms with E-state index in [1.54, 1.807) is 6.07 Å². The second kappa shape index (κ2) is 5.47. The first-order chi connectivity index (χ1) is 9.61. The van der Waals surface area contributed by atoms with Gasteiger partial charge < -0.3 is 14.9 Å². The second-order valence-corrected chi connectivity index (χ2v) is 5.22. The van der Waals surface area contributed by atoms with E-state index in [2.05, 4.69) is 15.5 Å². The monoisotopic (exact) mass is 297 g/mol. The summed E-state index contributed by atoms with van der Waals surface area (Å²) in [6.45, 7) is 0.520. The molecule has 2 atom stereocenters. The minimum Gasteiger partial charge on any atom is -0.392 e. The molecule has 2 N–H and O–H groups in total. The maximum Gasteiger partial charge on any atom is 0.243 e. The standard InChI is InChI=1S/C13H13ClFN3O2/c14-10-4-8(15)2-1-7(10)3-12-17-13(20-18-12)11-5-9(19)6-16-11/h1-2,4,9,11,16,19H,3,5-6H2/t9-,11+/m1/s1. The van der Waals surface area contributed by atoms with Crippen molar-refractivity contribution in [3.05, 3.63) is 46.3 Å². The van der Waals surface area contributed by atoms with E-state index in [0.717, 1.165) is 5.56 Å². The summed E-state index contributed by atoms with van der Waals surface area (Å²) in [6, 6.07) is 4.09. The van der Waals surface area contributed by atoms with E-state index in [-0.39, 0.29) is 18.0 Å². The number of benzene rings is 1. The lowest BCUT2D eigenvalue weighted by Gasteiger charge is -2.02. The molecule has 0 saturated carbocycles. The van der Waals surface area contributed by atoms with Gasteiger partial charge in [-0.3, -0.25) is 0 Å². The van der Waals surface area contributed by atoms with Crippen LogP contribution in [-0.4, -0.2) is 27.9 Å². The summed E-state index contributed by atoms with van der Waals surface area (Å²) in [5, 5.41) is 16.8. The number of hydrogen-bond donors (Lipinski definition) is 2. The molecule has 1 fully saturated rings. The molecule has 1 aliphatic rings. The van der Waals surface area contributed by atoms with E-state index < -0.39 is 0 Å². The maximum atomic E-state index is 13.0. The Morgan fingerprint density at radius 3 is 3.05 bits per heavy atom. The third-order valence-corrected chi connectivity index (χ3v) is 3.61. The van der Waals surface area contributed by atoms with Gasteiger partial charge in [-0.15, -0.1) is 0 Å². The van der Waals surface area contributed by atoms with Gasteiger partial charge >= 0.3 is 0 Å².